The Morgan fingerprint density at radius 2 is 2.04 bits per heavy atom. The van der Waals surface area contributed by atoms with Gasteiger partial charge in [0.2, 0.25) is 0 Å². The van der Waals surface area contributed by atoms with E-state index in [1.165, 1.54) is 56.1 Å². The third-order valence-corrected chi connectivity index (χ3v) is 5.53. The summed E-state index contributed by atoms with van der Waals surface area (Å²) in [6, 6.07) is 7.17. The molecule has 0 bridgehead atoms. The van der Waals surface area contributed by atoms with Gasteiger partial charge in [-0.05, 0) is 55.0 Å². The molecule has 1 fully saturated rings. The van der Waals surface area contributed by atoms with Crippen LogP contribution in [0.1, 0.15) is 69.0 Å². The molecule has 0 amide bonds. The Morgan fingerprint density at radius 3 is 2.78 bits per heavy atom. The van der Waals surface area contributed by atoms with Gasteiger partial charge in [0.15, 0.2) is 0 Å². The molecular formula is C20H32N2O. The highest BCUT2D eigenvalue weighted by Crippen LogP contribution is 2.39. The number of rotatable bonds is 6. The van der Waals surface area contributed by atoms with Gasteiger partial charge in [0.05, 0.1) is 13.3 Å². The molecule has 23 heavy (non-hydrogen) atoms. The highest BCUT2D eigenvalue weighted by Gasteiger charge is 2.32. The molecule has 1 aromatic carbocycles. The first kappa shape index (κ1) is 16.8. The summed E-state index contributed by atoms with van der Waals surface area (Å²) in [5, 5.41) is 7.64. The van der Waals surface area contributed by atoms with E-state index in [9.17, 15) is 0 Å². The monoisotopic (exact) mass is 316 g/mol. The second-order valence-electron chi connectivity index (χ2n) is 7.17. The maximum absolute atomic E-state index is 5.45. The number of hydrogen-bond donors (Lipinski definition) is 2. The van der Waals surface area contributed by atoms with Crippen LogP contribution in [0, 0.1) is 5.92 Å². The van der Waals surface area contributed by atoms with E-state index in [1.807, 2.05) is 0 Å². The van der Waals surface area contributed by atoms with Crippen LogP contribution in [-0.4, -0.2) is 19.8 Å². The molecule has 1 heterocycles. The number of hydrogen-bond acceptors (Lipinski definition) is 3. The summed E-state index contributed by atoms with van der Waals surface area (Å²) < 4.78 is 5.45. The number of benzene rings is 1. The Morgan fingerprint density at radius 1 is 1.22 bits per heavy atom. The van der Waals surface area contributed by atoms with Crippen LogP contribution in [-0.2, 0) is 6.42 Å². The van der Waals surface area contributed by atoms with Crippen molar-refractivity contribution >= 4 is 0 Å². The number of fused-ring (bicyclic) bond motifs is 1. The molecule has 0 aromatic heterocycles. The molecule has 0 saturated heterocycles. The second-order valence-corrected chi connectivity index (χ2v) is 7.17. The predicted molar refractivity (Wildman–Crippen MR) is 95.8 cm³/mol. The fraction of sp³-hybridized carbons (Fsp3) is 0.700. The minimum Gasteiger partial charge on any atom is -0.497 e. The molecule has 0 radical (unpaired) electrons. The molecule has 0 spiro atoms. The second kappa shape index (κ2) is 8.16. The van der Waals surface area contributed by atoms with Gasteiger partial charge in [-0.1, -0.05) is 38.7 Å². The van der Waals surface area contributed by atoms with Crippen molar-refractivity contribution in [3.05, 3.63) is 29.3 Å². The van der Waals surface area contributed by atoms with E-state index < -0.39 is 0 Å². The lowest BCUT2D eigenvalue weighted by atomic mass is 9.77. The van der Waals surface area contributed by atoms with Crippen molar-refractivity contribution in [2.75, 3.05) is 13.7 Å². The number of methoxy groups -OCH3 is 1. The van der Waals surface area contributed by atoms with Gasteiger partial charge in [0, 0.05) is 12.5 Å². The Kier molecular flexibility index (Phi) is 5.96. The van der Waals surface area contributed by atoms with E-state index in [4.69, 9.17) is 4.74 Å². The zero-order chi connectivity index (χ0) is 16.1. The highest BCUT2D eigenvalue weighted by atomic mass is 16.5. The third kappa shape index (κ3) is 4.07. The predicted octanol–water partition coefficient (Wildman–Crippen LogP) is 4.18. The number of unbranched alkanes of at least 4 members (excludes halogenated alkanes) is 1. The third-order valence-electron chi connectivity index (χ3n) is 5.53. The van der Waals surface area contributed by atoms with Crippen molar-refractivity contribution in [2.24, 2.45) is 5.92 Å². The first-order valence-electron chi connectivity index (χ1n) is 9.48. The maximum Gasteiger partial charge on any atom is 0.119 e. The molecule has 1 saturated carbocycles. The zero-order valence-corrected chi connectivity index (χ0v) is 14.7. The lowest BCUT2D eigenvalue weighted by molar-refractivity contribution is 0.226. The van der Waals surface area contributed by atoms with Crippen LogP contribution in [0.25, 0.3) is 0 Å². The Labute approximate surface area is 141 Å². The summed E-state index contributed by atoms with van der Waals surface area (Å²) in [6.45, 7) is 3.35. The fourth-order valence-corrected chi connectivity index (χ4v) is 4.22. The van der Waals surface area contributed by atoms with Crippen LogP contribution >= 0.6 is 0 Å². The van der Waals surface area contributed by atoms with Crippen LogP contribution in [0.2, 0.25) is 0 Å². The SMILES string of the molecule is CCCCN[C@H]1Cc2cc(OC)ccc2[C@H](C2CCCCC2)N1. The lowest BCUT2D eigenvalue weighted by Crippen LogP contribution is -2.51. The van der Waals surface area contributed by atoms with E-state index in [-0.39, 0.29) is 0 Å². The van der Waals surface area contributed by atoms with Crippen molar-refractivity contribution in [1.29, 1.82) is 0 Å². The average Bonchev–Trinajstić information content (AvgIpc) is 2.61. The first-order valence-corrected chi connectivity index (χ1v) is 9.48. The molecule has 2 aliphatic rings. The number of nitrogens with one attached hydrogen (secondary N) is 2. The highest BCUT2D eigenvalue weighted by molar-refractivity contribution is 5.40. The van der Waals surface area contributed by atoms with Crippen molar-refractivity contribution in [1.82, 2.24) is 10.6 Å². The van der Waals surface area contributed by atoms with Gasteiger partial charge in [-0.25, -0.2) is 0 Å². The summed E-state index contributed by atoms with van der Waals surface area (Å²) in [5.41, 5.74) is 2.97. The normalized spacial score (nSPS) is 25.1. The summed E-state index contributed by atoms with van der Waals surface area (Å²) in [5.74, 6) is 1.77. The van der Waals surface area contributed by atoms with E-state index >= 15 is 0 Å². The van der Waals surface area contributed by atoms with Crippen LogP contribution in [0.3, 0.4) is 0 Å². The van der Waals surface area contributed by atoms with Gasteiger partial charge >= 0.3 is 0 Å². The molecular weight excluding hydrogens is 284 g/mol. The minimum atomic E-state index is 0.396. The van der Waals surface area contributed by atoms with Gasteiger partial charge in [-0.3, -0.25) is 5.32 Å². The molecule has 1 aliphatic carbocycles. The van der Waals surface area contributed by atoms with Crippen molar-refractivity contribution in [3.63, 3.8) is 0 Å². The topological polar surface area (TPSA) is 33.3 Å². The molecule has 0 unspecified atom stereocenters. The first-order chi connectivity index (χ1) is 11.3. The quantitative estimate of drug-likeness (QED) is 0.773. The van der Waals surface area contributed by atoms with Crippen molar-refractivity contribution in [2.45, 2.75) is 70.5 Å². The van der Waals surface area contributed by atoms with E-state index in [0.29, 0.717) is 12.2 Å². The van der Waals surface area contributed by atoms with Gasteiger partial charge in [0.25, 0.3) is 0 Å². The fourth-order valence-electron chi connectivity index (χ4n) is 4.22. The molecule has 3 heteroatoms. The number of ether oxygens (including phenoxy) is 1. The van der Waals surface area contributed by atoms with E-state index in [2.05, 4.69) is 35.8 Å². The maximum atomic E-state index is 5.45. The average molecular weight is 316 g/mol. The molecule has 2 N–H and O–H groups in total. The summed E-state index contributed by atoms with van der Waals surface area (Å²) in [4.78, 5) is 0. The Balaban J connectivity index is 1.79. The Hall–Kier alpha value is -1.06. The van der Waals surface area contributed by atoms with Gasteiger partial charge in [0.1, 0.15) is 5.75 Å². The van der Waals surface area contributed by atoms with Crippen LogP contribution < -0.4 is 15.4 Å². The van der Waals surface area contributed by atoms with Gasteiger partial charge in [-0.15, -0.1) is 0 Å². The molecule has 3 nitrogen and oxygen atoms in total. The standard InChI is InChI=1S/C20H32N2O/c1-3-4-12-21-19-14-16-13-17(23-2)10-11-18(16)20(22-19)15-8-6-5-7-9-15/h10-11,13,15,19-22H,3-9,12,14H2,1-2H3/t19-,20+/m1/s1. The largest absolute Gasteiger partial charge is 0.497 e. The van der Waals surface area contributed by atoms with Crippen LogP contribution in [0.15, 0.2) is 18.2 Å². The smallest absolute Gasteiger partial charge is 0.119 e. The van der Waals surface area contributed by atoms with Crippen LogP contribution in [0.5, 0.6) is 5.75 Å². The molecule has 2 atom stereocenters. The summed E-state index contributed by atoms with van der Waals surface area (Å²) in [7, 11) is 1.76. The van der Waals surface area contributed by atoms with E-state index in [1.54, 1.807) is 7.11 Å². The summed E-state index contributed by atoms with van der Waals surface area (Å²) >= 11 is 0. The molecule has 1 aliphatic heterocycles. The van der Waals surface area contributed by atoms with Crippen molar-refractivity contribution in [3.8, 4) is 5.75 Å². The lowest BCUT2D eigenvalue weighted by Gasteiger charge is -2.39. The van der Waals surface area contributed by atoms with E-state index in [0.717, 1.165) is 24.6 Å². The molecule has 1 aromatic rings. The van der Waals surface area contributed by atoms with Gasteiger partial charge in [-0.2, -0.15) is 0 Å². The Bertz CT molecular complexity index is 496. The minimum absolute atomic E-state index is 0.396. The molecule has 3 rings (SSSR count). The summed E-state index contributed by atoms with van der Waals surface area (Å²) in [6.07, 6.45) is 10.9. The molecule has 128 valence electrons. The van der Waals surface area contributed by atoms with Gasteiger partial charge < -0.3 is 10.1 Å². The zero-order valence-electron chi connectivity index (χ0n) is 14.7. The van der Waals surface area contributed by atoms with Crippen molar-refractivity contribution < 1.29 is 4.74 Å². The van der Waals surface area contributed by atoms with Crippen LogP contribution in [0.4, 0.5) is 0 Å².